The lowest BCUT2D eigenvalue weighted by atomic mass is 10.3. The molecule has 0 saturated carbocycles. The van der Waals surface area contributed by atoms with E-state index < -0.39 is 0 Å². The molecule has 0 aliphatic carbocycles. The molecule has 0 heterocycles. The van der Waals surface area contributed by atoms with E-state index in [9.17, 15) is 9.18 Å². The van der Waals surface area contributed by atoms with Gasteiger partial charge in [0.15, 0.2) is 0 Å². The van der Waals surface area contributed by atoms with Crippen molar-refractivity contribution in [3.63, 3.8) is 0 Å². The topological polar surface area (TPSA) is 38.3 Å². The molecule has 0 radical (unpaired) electrons. The molecule has 20 heavy (non-hydrogen) atoms. The lowest BCUT2D eigenvalue weighted by molar-refractivity contribution is -0.113. The summed E-state index contributed by atoms with van der Waals surface area (Å²) in [6.45, 7) is 0. The van der Waals surface area contributed by atoms with Crippen molar-refractivity contribution < 1.29 is 13.9 Å². The van der Waals surface area contributed by atoms with Crippen LogP contribution in [0.3, 0.4) is 0 Å². The highest BCUT2D eigenvalue weighted by atomic mass is 32.2. The molecule has 0 aromatic heterocycles. The Labute approximate surface area is 121 Å². The van der Waals surface area contributed by atoms with E-state index in [1.165, 1.54) is 23.9 Å². The minimum atomic E-state index is -0.372. The molecule has 2 aromatic carbocycles. The van der Waals surface area contributed by atoms with Crippen LogP contribution in [0.4, 0.5) is 10.1 Å². The summed E-state index contributed by atoms with van der Waals surface area (Å²) in [5, 5.41) is 2.65. The van der Waals surface area contributed by atoms with E-state index in [4.69, 9.17) is 4.74 Å². The van der Waals surface area contributed by atoms with Crippen molar-refractivity contribution in [1.82, 2.24) is 0 Å². The van der Waals surface area contributed by atoms with Crippen LogP contribution >= 0.6 is 11.8 Å². The Morgan fingerprint density at radius 1 is 1.25 bits per heavy atom. The summed E-state index contributed by atoms with van der Waals surface area (Å²) in [7, 11) is 1.60. The van der Waals surface area contributed by atoms with Crippen molar-refractivity contribution in [3.05, 3.63) is 54.3 Å². The number of methoxy groups -OCH3 is 1. The maximum atomic E-state index is 13.0. The molecule has 0 fully saturated rings. The molecule has 0 spiro atoms. The predicted octanol–water partition coefficient (Wildman–Crippen LogP) is 3.57. The maximum absolute atomic E-state index is 13.0. The van der Waals surface area contributed by atoms with Crippen molar-refractivity contribution in [2.24, 2.45) is 0 Å². The Hall–Kier alpha value is -2.01. The van der Waals surface area contributed by atoms with Gasteiger partial charge >= 0.3 is 0 Å². The fourth-order valence-corrected chi connectivity index (χ4v) is 2.35. The third-order valence-electron chi connectivity index (χ3n) is 2.52. The Kier molecular flexibility index (Phi) is 5.01. The van der Waals surface area contributed by atoms with Gasteiger partial charge in [0.05, 0.1) is 12.9 Å². The second-order valence-corrected chi connectivity index (χ2v) is 5.07. The van der Waals surface area contributed by atoms with Crippen LogP contribution in [0.25, 0.3) is 0 Å². The fraction of sp³-hybridized carbons (Fsp3) is 0.133. The van der Waals surface area contributed by atoms with Crippen LogP contribution in [0.15, 0.2) is 53.4 Å². The van der Waals surface area contributed by atoms with Crippen molar-refractivity contribution in [2.75, 3.05) is 18.2 Å². The molecule has 5 heteroatoms. The van der Waals surface area contributed by atoms with E-state index in [0.717, 1.165) is 10.6 Å². The number of ether oxygens (including phenoxy) is 1. The minimum Gasteiger partial charge on any atom is -0.497 e. The summed E-state index contributed by atoms with van der Waals surface area (Å²) >= 11 is 1.40. The van der Waals surface area contributed by atoms with Gasteiger partial charge in [-0.15, -0.1) is 11.8 Å². The van der Waals surface area contributed by atoms with E-state index in [-0.39, 0.29) is 17.5 Å². The zero-order valence-corrected chi connectivity index (χ0v) is 11.7. The van der Waals surface area contributed by atoms with Crippen LogP contribution < -0.4 is 10.1 Å². The summed E-state index contributed by atoms with van der Waals surface area (Å²) in [5.74, 6) is 0.455. The first kappa shape index (κ1) is 14.4. The van der Waals surface area contributed by atoms with Gasteiger partial charge in [-0.05, 0) is 36.4 Å². The number of thioether (sulfide) groups is 1. The van der Waals surface area contributed by atoms with Gasteiger partial charge in [0.25, 0.3) is 0 Å². The number of carbonyl (C=O) groups is 1. The average Bonchev–Trinajstić information content (AvgIpc) is 2.45. The number of amides is 1. The number of nitrogens with one attached hydrogen (secondary N) is 1. The molecular weight excluding hydrogens is 277 g/mol. The van der Waals surface area contributed by atoms with Gasteiger partial charge in [0.2, 0.25) is 5.91 Å². The van der Waals surface area contributed by atoms with Crippen LogP contribution in [0.1, 0.15) is 0 Å². The molecule has 3 nitrogen and oxygen atoms in total. The van der Waals surface area contributed by atoms with Crippen molar-refractivity contribution in [3.8, 4) is 5.75 Å². The number of halogens is 1. The number of anilines is 1. The average molecular weight is 291 g/mol. The summed E-state index contributed by atoms with van der Waals surface area (Å²) in [5.41, 5.74) is 0.459. The van der Waals surface area contributed by atoms with Crippen molar-refractivity contribution in [2.45, 2.75) is 4.90 Å². The Morgan fingerprint density at radius 3 is 2.80 bits per heavy atom. The van der Waals surface area contributed by atoms with Gasteiger partial charge < -0.3 is 10.1 Å². The number of benzene rings is 2. The van der Waals surface area contributed by atoms with Gasteiger partial charge in [-0.2, -0.15) is 0 Å². The highest BCUT2D eigenvalue weighted by Gasteiger charge is 2.05. The van der Waals surface area contributed by atoms with Gasteiger partial charge in [-0.25, -0.2) is 4.39 Å². The number of rotatable bonds is 5. The number of hydrogen-bond acceptors (Lipinski definition) is 3. The first-order valence-electron chi connectivity index (χ1n) is 5.99. The zero-order valence-electron chi connectivity index (χ0n) is 10.9. The van der Waals surface area contributed by atoms with Crippen LogP contribution in [-0.2, 0) is 4.79 Å². The van der Waals surface area contributed by atoms with Crippen LogP contribution in [-0.4, -0.2) is 18.8 Å². The fourth-order valence-electron chi connectivity index (χ4n) is 1.60. The summed E-state index contributed by atoms with van der Waals surface area (Å²) in [6, 6.07) is 13.3. The van der Waals surface area contributed by atoms with Crippen LogP contribution in [0.2, 0.25) is 0 Å². The molecule has 0 aliphatic heterocycles. The smallest absolute Gasteiger partial charge is 0.234 e. The van der Waals surface area contributed by atoms with E-state index in [1.807, 2.05) is 24.3 Å². The van der Waals surface area contributed by atoms with E-state index in [1.54, 1.807) is 19.2 Å². The SMILES string of the molecule is COc1cccc(SCC(=O)Nc2cccc(F)c2)c1. The van der Waals surface area contributed by atoms with E-state index in [2.05, 4.69) is 5.32 Å². The molecule has 2 rings (SSSR count). The molecule has 0 saturated heterocycles. The van der Waals surface area contributed by atoms with Gasteiger partial charge in [-0.3, -0.25) is 4.79 Å². The number of hydrogen-bond donors (Lipinski definition) is 1. The summed E-state index contributed by atoms with van der Waals surface area (Å²) < 4.78 is 18.1. The summed E-state index contributed by atoms with van der Waals surface area (Å²) in [6.07, 6.45) is 0. The Bertz CT molecular complexity index is 604. The van der Waals surface area contributed by atoms with Crippen LogP contribution in [0.5, 0.6) is 5.75 Å². The standard InChI is InChI=1S/C15H14FNO2S/c1-19-13-6-3-7-14(9-13)20-10-15(18)17-12-5-2-4-11(16)8-12/h2-9H,10H2,1H3,(H,17,18). The normalized spacial score (nSPS) is 10.1. The summed E-state index contributed by atoms with van der Waals surface area (Å²) in [4.78, 5) is 12.7. The largest absolute Gasteiger partial charge is 0.497 e. The predicted molar refractivity (Wildman–Crippen MR) is 78.7 cm³/mol. The lowest BCUT2D eigenvalue weighted by Crippen LogP contribution is -2.13. The van der Waals surface area contributed by atoms with E-state index in [0.29, 0.717) is 5.69 Å². The maximum Gasteiger partial charge on any atom is 0.234 e. The second-order valence-electron chi connectivity index (χ2n) is 4.03. The first-order chi connectivity index (χ1) is 9.67. The minimum absolute atomic E-state index is 0.177. The molecular formula is C15H14FNO2S. The molecule has 1 amide bonds. The molecule has 0 atom stereocenters. The van der Waals surface area contributed by atoms with E-state index >= 15 is 0 Å². The van der Waals surface area contributed by atoms with Crippen molar-refractivity contribution in [1.29, 1.82) is 0 Å². The number of carbonyl (C=O) groups excluding carboxylic acids is 1. The second kappa shape index (κ2) is 6.96. The molecule has 104 valence electrons. The lowest BCUT2D eigenvalue weighted by Gasteiger charge is -2.06. The quantitative estimate of drug-likeness (QED) is 0.856. The van der Waals surface area contributed by atoms with Crippen molar-refractivity contribution >= 4 is 23.4 Å². The molecule has 0 unspecified atom stereocenters. The highest BCUT2D eigenvalue weighted by Crippen LogP contribution is 2.22. The third kappa shape index (κ3) is 4.28. The highest BCUT2D eigenvalue weighted by molar-refractivity contribution is 8.00. The monoisotopic (exact) mass is 291 g/mol. The van der Waals surface area contributed by atoms with Gasteiger partial charge in [0.1, 0.15) is 11.6 Å². The molecule has 1 N–H and O–H groups in total. The first-order valence-corrected chi connectivity index (χ1v) is 6.98. The Morgan fingerprint density at radius 2 is 2.05 bits per heavy atom. The Balaban J connectivity index is 1.88. The molecule has 0 aliphatic rings. The molecule has 2 aromatic rings. The van der Waals surface area contributed by atoms with Gasteiger partial charge in [0, 0.05) is 10.6 Å². The molecule has 0 bridgehead atoms. The van der Waals surface area contributed by atoms with Crippen LogP contribution in [0, 0.1) is 5.82 Å². The third-order valence-corrected chi connectivity index (χ3v) is 3.51. The zero-order chi connectivity index (χ0) is 14.4. The van der Waals surface area contributed by atoms with Gasteiger partial charge in [-0.1, -0.05) is 12.1 Å².